The van der Waals surface area contributed by atoms with Crippen LogP contribution in [0.25, 0.3) is 5.82 Å². The Labute approximate surface area is 192 Å². The molecule has 154 valence electrons. The van der Waals surface area contributed by atoms with Crippen LogP contribution in [0, 0.1) is 0 Å². The first-order valence-corrected chi connectivity index (χ1v) is 9.32. The van der Waals surface area contributed by atoms with E-state index in [2.05, 4.69) is 25.6 Å². The average molecular weight is 527 g/mol. The van der Waals surface area contributed by atoms with Gasteiger partial charge in [0.1, 0.15) is 24.0 Å². The summed E-state index contributed by atoms with van der Waals surface area (Å²) in [6, 6.07) is 11.3. The number of benzene rings is 1. The molecule has 0 aliphatic carbocycles. The normalized spacial score (nSPS) is 12.0. The molecule has 3 aromatic rings. The van der Waals surface area contributed by atoms with Gasteiger partial charge in [0.05, 0.1) is 6.54 Å². The largest absolute Gasteiger partial charge is 0.489 e. The highest BCUT2D eigenvalue weighted by molar-refractivity contribution is 14.0. The van der Waals surface area contributed by atoms with Crippen LogP contribution in [0.1, 0.15) is 12.5 Å². The van der Waals surface area contributed by atoms with Crippen molar-refractivity contribution in [2.45, 2.75) is 19.6 Å². The number of ether oxygens (including phenoxy) is 1. The van der Waals surface area contributed by atoms with E-state index in [1.165, 1.54) is 0 Å². The van der Waals surface area contributed by atoms with E-state index in [-0.39, 0.29) is 30.1 Å². The molecule has 0 radical (unpaired) electrons. The smallest absolute Gasteiger partial charge is 0.191 e. The van der Waals surface area contributed by atoms with E-state index in [0.717, 1.165) is 17.1 Å². The van der Waals surface area contributed by atoms with E-state index in [0.29, 0.717) is 24.1 Å². The quantitative estimate of drug-likeness (QED) is 0.279. The number of halogens is 2. The summed E-state index contributed by atoms with van der Waals surface area (Å²) in [4.78, 5) is 12.7. The molecular formula is C20H24ClIN6O. The lowest BCUT2D eigenvalue weighted by Crippen LogP contribution is -2.41. The number of nitrogens with zero attached hydrogens (tertiary/aromatic N) is 4. The fourth-order valence-electron chi connectivity index (χ4n) is 2.50. The number of aromatic nitrogens is 3. The minimum atomic E-state index is -0.0316. The number of aliphatic imine (C=N–C) groups is 1. The summed E-state index contributed by atoms with van der Waals surface area (Å²) in [7, 11) is 1.74. The molecule has 0 spiro atoms. The van der Waals surface area contributed by atoms with Gasteiger partial charge in [-0.05, 0) is 42.8 Å². The van der Waals surface area contributed by atoms with Gasteiger partial charge in [-0.3, -0.25) is 9.56 Å². The van der Waals surface area contributed by atoms with Gasteiger partial charge in [-0.15, -0.1) is 24.0 Å². The first-order chi connectivity index (χ1) is 13.6. The summed E-state index contributed by atoms with van der Waals surface area (Å²) in [6.07, 6.45) is 7.11. The van der Waals surface area contributed by atoms with Crippen LogP contribution in [0.15, 0.2) is 66.3 Å². The number of nitrogens with one attached hydrogen (secondary N) is 2. The van der Waals surface area contributed by atoms with Crippen LogP contribution in [-0.4, -0.2) is 40.2 Å². The lowest BCUT2D eigenvalue weighted by Gasteiger charge is -2.18. The van der Waals surface area contributed by atoms with Crippen LogP contribution in [-0.2, 0) is 6.54 Å². The molecule has 1 atom stereocenters. The van der Waals surface area contributed by atoms with Crippen molar-refractivity contribution in [3.63, 3.8) is 0 Å². The lowest BCUT2D eigenvalue weighted by molar-refractivity contribution is 0.224. The fourth-order valence-corrected chi connectivity index (χ4v) is 2.63. The van der Waals surface area contributed by atoms with Crippen molar-refractivity contribution < 1.29 is 4.74 Å². The van der Waals surface area contributed by atoms with Gasteiger partial charge in [0, 0.05) is 37.2 Å². The van der Waals surface area contributed by atoms with Gasteiger partial charge in [-0.25, -0.2) is 9.97 Å². The Hall–Kier alpha value is -2.33. The molecule has 2 heterocycles. The van der Waals surface area contributed by atoms with Gasteiger partial charge >= 0.3 is 0 Å². The van der Waals surface area contributed by atoms with E-state index in [9.17, 15) is 0 Å². The minimum Gasteiger partial charge on any atom is -0.489 e. The lowest BCUT2D eigenvalue weighted by atomic mass is 10.3. The SMILES string of the molecule is CN=C(NCc1ccc(-n2ccnc2)nc1)NCC(C)Oc1ccc(Cl)cc1.I. The van der Waals surface area contributed by atoms with Crippen molar-refractivity contribution in [3.05, 3.63) is 71.9 Å². The molecule has 1 aromatic carbocycles. The van der Waals surface area contributed by atoms with E-state index in [4.69, 9.17) is 16.3 Å². The fraction of sp³-hybridized carbons (Fsp3) is 0.250. The van der Waals surface area contributed by atoms with Crippen molar-refractivity contribution in [1.29, 1.82) is 0 Å². The number of pyridine rings is 1. The Balaban J connectivity index is 0.00000300. The second kappa shape index (κ2) is 11.6. The van der Waals surface area contributed by atoms with Crippen LogP contribution >= 0.6 is 35.6 Å². The van der Waals surface area contributed by atoms with Gasteiger partial charge < -0.3 is 15.4 Å². The minimum absolute atomic E-state index is 0. The van der Waals surface area contributed by atoms with Gasteiger partial charge in [0.2, 0.25) is 0 Å². The maximum absolute atomic E-state index is 5.89. The molecule has 29 heavy (non-hydrogen) atoms. The Kier molecular flexibility index (Phi) is 9.20. The molecule has 0 amide bonds. The van der Waals surface area contributed by atoms with Crippen molar-refractivity contribution in [3.8, 4) is 11.6 Å². The molecule has 1 unspecified atom stereocenters. The van der Waals surface area contributed by atoms with E-state index < -0.39 is 0 Å². The molecule has 0 aliphatic rings. The van der Waals surface area contributed by atoms with Gasteiger partial charge in [0.25, 0.3) is 0 Å². The number of rotatable bonds is 7. The van der Waals surface area contributed by atoms with Crippen LogP contribution in [0.5, 0.6) is 5.75 Å². The zero-order chi connectivity index (χ0) is 19.8. The molecule has 2 N–H and O–H groups in total. The van der Waals surface area contributed by atoms with Gasteiger partial charge in [0.15, 0.2) is 5.96 Å². The summed E-state index contributed by atoms with van der Waals surface area (Å²) in [5, 5.41) is 7.22. The third kappa shape index (κ3) is 7.21. The van der Waals surface area contributed by atoms with Crippen LogP contribution in [0.2, 0.25) is 5.02 Å². The Bertz CT molecular complexity index is 884. The second-order valence-electron chi connectivity index (χ2n) is 6.18. The maximum atomic E-state index is 5.89. The Morgan fingerprint density at radius 2 is 2.00 bits per heavy atom. The van der Waals surface area contributed by atoms with Crippen molar-refractivity contribution in [1.82, 2.24) is 25.2 Å². The summed E-state index contributed by atoms with van der Waals surface area (Å²) in [6.45, 7) is 3.22. The van der Waals surface area contributed by atoms with E-state index in [1.807, 2.05) is 60.3 Å². The molecule has 0 fully saturated rings. The van der Waals surface area contributed by atoms with Gasteiger partial charge in [-0.2, -0.15) is 0 Å². The molecule has 3 rings (SSSR count). The van der Waals surface area contributed by atoms with E-state index in [1.54, 1.807) is 19.6 Å². The summed E-state index contributed by atoms with van der Waals surface area (Å²) >= 11 is 5.89. The number of hydrogen-bond donors (Lipinski definition) is 2. The molecule has 0 saturated carbocycles. The molecular weight excluding hydrogens is 503 g/mol. The zero-order valence-corrected chi connectivity index (χ0v) is 19.3. The predicted octanol–water partition coefficient (Wildman–Crippen LogP) is 3.67. The first kappa shape index (κ1) is 23.0. The van der Waals surface area contributed by atoms with Crippen LogP contribution in [0.4, 0.5) is 0 Å². The second-order valence-corrected chi connectivity index (χ2v) is 6.62. The van der Waals surface area contributed by atoms with Crippen LogP contribution < -0.4 is 15.4 Å². The highest BCUT2D eigenvalue weighted by Gasteiger charge is 2.06. The number of guanidine groups is 1. The van der Waals surface area contributed by atoms with E-state index >= 15 is 0 Å². The molecule has 0 aliphatic heterocycles. The van der Waals surface area contributed by atoms with Crippen molar-refractivity contribution in [2.24, 2.45) is 4.99 Å². The highest BCUT2D eigenvalue weighted by atomic mass is 127. The highest BCUT2D eigenvalue weighted by Crippen LogP contribution is 2.16. The average Bonchev–Trinajstić information content (AvgIpc) is 3.25. The van der Waals surface area contributed by atoms with Crippen LogP contribution in [0.3, 0.4) is 0 Å². The van der Waals surface area contributed by atoms with Crippen molar-refractivity contribution in [2.75, 3.05) is 13.6 Å². The Morgan fingerprint density at radius 3 is 2.62 bits per heavy atom. The van der Waals surface area contributed by atoms with Gasteiger partial charge in [-0.1, -0.05) is 17.7 Å². The molecule has 9 heteroatoms. The number of hydrogen-bond acceptors (Lipinski definition) is 4. The number of imidazole rings is 1. The summed E-state index contributed by atoms with van der Waals surface area (Å²) in [5.74, 6) is 2.31. The molecule has 7 nitrogen and oxygen atoms in total. The standard InChI is InChI=1S/C20H23ClN6O.HI/c1-15(28-18-6-4-17(21)5-7-18)11-25-20(22-2)26-13-16-3-8-19(24-12-16)27-10-9-23-14-27;/h3-10,12,14-15H,11,13H2,1-2H3,(H2,22,25,26);1H. The Morgan fingerprint density at radius 1 is 1.21 bits per heavy atom. The monoisotopic (exact) mass is 526 g/mol. The molecule has 2 aromatic heterocycles. The zero-order valence-electron chi connectivity index (χ0n) is 16.2. The third-order valence-electron chi connectivity index (χ3n) is 3.97. The molecule has 0 saturated heterocycles. The van der Waals surface area contributed by atoms with Crippen molar-refractivity contribution >= 4 is 41.5 Å². The summed E-state index contributed by atoms with van der Waals surface area (Å²) in [5.41, 5.74) is 1.05. The molecule has 0 bridgehead atoms. The summed E-state index contributed by atoms with van der Waals surface area (Å²) < 4.78 is 7.72. The maximum Gasteiger partial charge on any atom is 0.191 e. The third-order valence-corrected chi connectivity index (χ3v) is 4.22. The first-order valence-electron chi connectivity index (χ1n) is 8.94. The predicted molar refractivity (Wildman–Crippen MR) is 127 cm³/mol. The topological polar surface area (TPSA) is 76.4 Å².